The molecule has 1 radical (unpaired) electrons. The van der Waals surface area contributed by atoms with Crippen molar-refractivity contribution in [2.24, 2.45) is 0 Å². The van der Waals surface area contributed by atoms with Crippen LogP contribution in [0.5, 0.6) is 0 Å². The smallest absolute Gasteiger partial charge is 0.169 e. The van der Waals surface area contributed by atoms with Crippen molar-refractivity contribution in [2.75, 3.05) is 0 Å². The van der Waals surface area contributed by atoms with Gasteiger partial charge in [-0.15, -0.1) is 54.1 Å². The van der Waals surface area contributed by atoms with E-state index in [2.05, 4.69) is 160 Å². The molecule has 4 heterocycles. The zero-order chi connectivity index (χ0) is 44.9. The normalized spacial score (nSPS) is 12.2. The monoisotopic (exact) mass is 1030 g/mol. The van der Waals surface area contributed by atoms with E-state index in [0.29, 0.717) is 5.65 Å². The summed E-state index contributed by atoms with van der Waals surface area (Å²) in [6.07, 6.45) is 3.91. The van der Waals surface area contributed by atoms with Crippen LogP contribution in [0.3, 0.4) is 0 Å². The van der Waals surface area contributed by atoms with Crippen molar-refractivity contribution in [1.82, 2.24) is 19.5 Å². The molecule has 0 bridgehead atoms. The molecule has 0 fully saturated rings. The van der Waals surface area contributed by atoms with E-state index in [0.717, 1.165) is 72.1 Å². The van der Waals surface area contributed by atoms with Gasteiger partial charge in [0.2, 0.25) is 0 Å². The molecule has 10 rings (SSSR count). The van der Waals surface area contributed by atoms with E-state index < -0.39 is 14.0 Å². The number of hydrogen-bond acceptors (Lipinski definition) is 4. The number of para-hydroxylation sites is 1. The maximum Gasteiger partial charge on any atom is 0.169 e. The van der Waals surface area contributed by atoms with Gasteiger partial charge in [0.25, 0.3) is 0 Å². The van der Waals surface area contributed by atoms with E-state index in [-0.39, 0.29) is 31.9 Å². The van der Waals surface area contributed by atoms with Crippen LogP contribution in [0.25, 0.3) is 83.3 Å². The zero-order valence-electron chi connectivity index (χ0n) is 39.0. The first-order valence-corrected chi connectivity index (χ1v) is 25.5. The van der Waals surface area contributed by atoms with Crippen molar-refractivity contribution in [2.45, 2.75) is 78.9 Å². The average Bonchev–Trinajstić information content (AvgIpc) is 3.88. The third-order valence-electron chi connectivity index (χ3n) is 11.9. The number of fused-ring (bicyclic) bond motifs is 6. The summed E-state index contributed by atoms with van der Waals surface area (Å²) in [5.74, 6) is 0.683. The zero-order valence-corrected chi connectivity index (χ0v) is 41.4. The van der Waals surface area contributed by atoms with Crippen LogP contribution in [0.4, 0.5) is 0 Å². The summed E-state index contributed by atoms with van der Waals surface area (Å²) >= 11 is 0. The summed E-state index contributed by atoms with van der Waals surface area (Å²) in [5, 5.41) is 5.61. The Morgan fingerprint density at radius 1 is 0.641 bits per heavy atom. The maximum atomic E-state index is 8.44. The molecule has 4 aromatic heterocycles. The number of rotatable bonds is 8. The average molecular weight is 1030 g/mol. The SMILES string of the molecule is CC(C)c1cc(-c2ccccc2)cc(C(C)C)c1-n1c(-c2[c-]ccc3c2oc2ccccc23)nc2ncc3ccccc3c21.[2H]C(C)(C)c1cc(-c2[c-]cccc2)ncc1[Si](C)(C)C.[Ir]. The van der Waals surface area contributed by atoms with Crippen LogP contribution in [-0.2, 0) is 20.1 Å². The molecule has 0 saturated heterocycles. The molecular formula is C57H54IrN4OSi-2. The number of pyridine rings is 2. The van der Waals surface area contributed by atoms with Crippen molar-refractivity contribution in [3.05, 3.63) is 175 Å². The fourth-order valence-corrected chi connectivity index (χ4v) is 10.3. The largest absolute Gasteiger partial charge is 0.501 e. The first-order chi connectivity index (χ1) is 30.7. The molecule has 64 heavy (non-hydrogen) atoms. The number of imidazole rings is 1. The Labute approximate surface area is 393 Å². The van der Waals surface area contributed by atoms with Gasteiger partial charge in [0.1, 0.15) is 5.58 Å². The number of hydrogen-bond donors (Lipinski definition) is 0. The Morgan fingerprint density at radius 3 is 1.98 bits per heavy atom. The van der Waals surface area contributed by atoms with Crippen LogP contribution in [0, 0.1) is 12.1 Å². The number of furan rings is 1. The van der Waals surface area contributed by atoms with Crippen molar-refractivity contribution < 1.29 is 25.9 Å². The Hall–Kier alpha value is -5.98. The van der Waals surface area contributed by atoms with Gasteiger partial charge in [-0.05, 0) is 69.1 Å². The number of aromatic nitrogens is 4. The van der Waals surface area contributed by atoms with Gasteiger partial charge in [-0.25, -0.2) is 4.98 Å². The molecule has 10 aromatic rings. The second-order valence-electron chi connectivity index (χ2n) is 18.3. The van der Waals surface area contributed by atoms with Crippen LogP contribution >= 0.6 is 0 Å². The van der Waals surface area contributed by atoms with Gasteiger partial charge in [-0.2, -0.15) is 0 Å². The summed E-state index contributed by atoms with van der Waals surface area (Å²) in [6.45, 7) is 19.9. The van der Waals surface area contributed by atoms with Crippen molar-refractivity contribution in [3.63, 3.8) is 0 Å². The van der Waals surface area contributed by atoms with Gasteiger partial charge >= 0.3 is 0 Å². The first kappa shape index (κ1) is 43.3. The van der Waals surface area contributed by atoms with Crippen LogP contribution in [-0.4, -0.2) is 27.6 Å². The third-order valence-corrected chi connectivity index (χ3v) is 14.0. The van der Waals surface area contributed by atoms with Crippen molar-refractivity contribution in [1.29, 1.82) is 0 Å². The molecule has 0 N–H and O–H groups in total. The van der Waals surface area contributed by atoms with Gasteiger partial charge < -0.3 is 14.0 Å². The Balaban J connectivity index is 0.000000232. The molecule has 0 saturated carbocycles. The Morgan fingerprint density at radius 2 is 1.31 bits per heavy atom. The number of benzene rings is 6. The summed E-state index contributed by atoms with van der Waals surface area (Å²) < 4.78 is 17.3. The van der Waals surface area contributed by atoms with Crippen LogP contribution < -0.4 is 5.19 Å². The second-order valence-corrected chi connectivity index (χ2v) is 23.3. The van der Waals surface area contributed by atoms with Gasteiger partial charge in [0.05, 0.1) is 25.0 Å². The maximum absolute atomic E-state index is 8.44. The fraction of sp³-hybridized carbons (Fsp3) is 0.211. The van der Waals surface area contributed by atoms with E-state index in [1.165, 1.54) is 27.4 Å². The van der Waals surface area contributed by atoms with Crippen molar-refractivity contribution >= 4 is 57.1 Å². The third kappa shape index (κ3) is 8.41. The molecular weight excluding hydrogens is 977 g/mol. The Bertz CT molecular complexity index is 3280. The van der Waals surface area contributed by atoms with Crippen LogP contribution in [0.1, 0.15) is 77.3 Å². The van der Waals surface area contributed by atoms with E-state index in [1.54, 1.807) is 0 Å². The predicted octanol–water partition coefficient (Wildman–Crippen LogP) is 15.1. The Kier molecular flexibility index (Phi) is 12.3. The molecule has 323 valence electrons. The minimum absolute atomic E-state index is 0. The van der Waals surface area contributed by atoms with Crippen LogP contribution in [0.15, 0.2) is 150 Å². The topological polar surface area (TPSA) is 56.7 Å². The molecule has 0 aliphatic carbocycles. The minimum atomic E-state index is -1.50. The van der Waals surface area contributed by atoms with E-state index in [9.17, 15) is 0 Å². The first-order valence-electron chi connectivity index (χ1n) is 22.5. The molecule has 0 aliphatic rings. The van der Waals surface area contributed by atoms with E-state index >= 15 is 0 Å². The summed E-state index contributed by atoms with van der Waals surface area (Å²) in [5.41, 5.74) is 13.3. The molecule has 0 amide bonds. The minimum Gasteiger partial charge on any atom is -0.501 e. The van der Waals surface area contributed by atoms with E-state index in [4.69, 9.17) is 15.8 Å². The van der Waals surface area contributed by atoms with E-state index in [1.807, 2.05) is 68.7 Å². The van der Waals surface area contributed by atoms with Crippen LogP contribution in [0.2, 0.25) is 19.6 Å². The van der Waals surface area contributed by atoms with Gasteiger partial charge in [-0.1, -0.05) is 157 Å². The number of nitrogens with zero attached hydrogens (tertiary/aromatic N) is 4. The molecule has 0 unspecified atom stereocenters. The van der Waals surface area contributed by atoms with Crippen molar-refractivity contribution in [3.8, 4) is 39.5 Å². The standard InChI is InChI=1S/C40H32N3O.C17H22NSi.Ir/c1-24(2)33-21-28(26-13-6-5-7-14-26)22-34(25(3)4)36(33)43-37-29-16-9-8-15-27(29)23-41-39(37)42-40(43)32-19-12-18-31-30-17-10-11-20-35(30)44-38(31)32;1-13(2)15-11-16(14-9-7-6-8-10-14)18-12-17(15)19(3,4)5;/h5-18,20-25H,1-4H3;6-9,11-13H,1-5H3;/q2*-1;/i;13D;. The molecule has 7 heteroatoms. The van der Waals surface area contributed by atoms with Gasteiger partial charge in [-0.3, -0.25) is 4.98 Å². The quantitative estimate of drug-likeness (QED) is 0.112. The fourth-order valence-electron chi connectivity index (χ4n) is 8.72. The molecule has 6 aromatic carbocycles. The molecule has 5 nitrogen and oxygen atoms in total. The second kappa shape index (κ2) is 18.2. The molecule has 0 spiro atoms. The summed E-state index contributed by atoms with van der Waals surface area (Å²) in [6, 6.07) is 52.8. The van der Waals surface area contributed by atoms with Gasteiger partial charge in [0, 0.05) is 55.7 Å². The summed E-state index contributed by atoms with van der Waals surface area (Å²) in [4.78, 5) is 14.8. The predicted molar refractivity (Wildman–Crippen MR) is 267 cm³/mol. The molecule has 0 aliphatic heterocycles. The molecule has 0 atom stereocenters. The summed E-state index contributed by atoms with van der Waals surface area (Å²) in [7, 11) is -1.50. The van der Waals surface area contributed by atoms with Gasteiger partial charge in [0.15, 0.2) is 5.65 Å².